The molecule has 0 aliphatic heterocycles. The van der Waals surface area contributed by atoms with Crippen LogP contribution in [0.4, 0.5) is 11.4 Å². The van der Waals surface area contributed by atoms with Crippen LogP contribution in [0.15, 0.2) is 47.4 Å². The first-order chi connectivity index (χ1) is 12.8. The van der Waals surface area contributed by atoms with Crippen LogP contribution in [0.25, 0.3) is 0 Å². The number of hydrogen-bond donors (Lipinski definition) is 2. The molecule has 0 saturated heterocycles. The molecule has 0 saturated carbocycles. The number of nitrogens with zero attached hydrogens (tertiary/aromatic N) is 1. The van der Waals surface area contributed by atoms with Crippen LogP contribution in [0.5, 0.6) is 0 Å². The van der Waals surface area contributed by atoms with Gasteiger partial charge in [0.2, 0.25) is 15.9 Å². The number of nitrogens with one attached hydrogen (secondary N) is 2. The summed E-state index contributed by atoms with van der Waals surface area (Å²) in [5.74, 6) is -0.281. The molecule has 0 bridgehead atoms. The summed E-state index contributed by atoms with van der Waals surface area (Å²) in [5.41, 5.74) is 1.74. The molecule has 0 aromatic heterocycles. The Balaban J connectivity index is 2.12. The molecule has 0 spiro atoms. The first-order valence-electron chi connectivity index (χ1n) is 8.68. The van der Waals surface area contributed by atoms with Gasteiger partial charge in [0.1, 0.15) is 0 Å². The van der Waals surface area contributed by atoms with E-state index in [0.717, 1.165) is 0 Å². The van der Waals surface area contributed by atoms with Gasteiger partial charge in [-0.15, -0.1) is 0 Å². The SMILES string of the molecule is CCN(CC)S(=O)(=O)c1cc(NCC(=O)Nc2ccccc2Cl)ccc1C. The van der Waals surface area contributed by atoms with E-state index in [1.54, 1.807) is 63.2 Å². The average molecular weight is 410 g/mol. The first kappa shape index (κ1) is 21.2. The maximum Gasteiger partial charge on any atom is 0.243 e. The van der Waals surface area contributed by atoms with Gasteiger partial charge in [0.25, 0.3) is 0 Å². The quantitative estimate of drug-likeness (QED) is 0.696. The number of carbonyl (C=O) groups excluding carboxylic acids is 1. The zero-order valence-electron chi connectivity index (χ0n) is 15.6. The number of sulfonamides is 1. The van der Waals surface area contributed by atoms with Crippen LogP contribution >= 0.6 is 11.6 Å². The maximum absolute atomic E-state index is 12.8. The lowest BCUT2D eigenvalue weighted by Gasteiger charge is -2.20. The summed E-state index contributed by atoms with van der Waals surface area (Å²) in [7, 11) is -3.57. The summed E-state index contributed by atoms with van der Waals surface area (Å²) in [6, 6.07) is 12.0. The predicted molar refractivity (Wildman–Crippen MR) is 110 cm³/mol. The van der Waals surface area contributed by atoms with E-state index in [2.05, 4.69) is 10.6 Å². The van der Waals surface area contributed by atoms with Crippen LogP contribution < -0.4 is 10.6 Å². The number of para-hydroxylation sites is 1. The van der Waals surface area contributed by atoms with Gasteiger partial charge < -0.3 is 10.6 Å². The van der Waals surface area contributed by atoms with E-state index in [1.807, 2.05) is 0 Å². The van der Waals surface area contributed by atoms with Crippen LogP contribution in [-0.2, 0) is 14.8 Å². The Morgan fingerprint density at radius 3 is 2.41 bits per heavy atom. The van der Waals surface area contributed by atoms with Crippen molar-refractivity contribution in [1.82, 2.24) is 4.31 Å². The second-order valence-corrected chi connectivity index (χ2v) is 8.26. The number of benzene rings is 2. The molecular formula is C19H24ClN3O3S. The van der Waals surface area contributed by atoms with Crippen molar-refractivity contribution in [3.05, 3.63) is 53.1 Å². The van der Waals surface area contributed by atoms with E-state index in [9.17, 15) is 13.2 Å². The van der Waals surface area contributed by atoms with E-state index in [-0.39, 0.29) is 17.3 Å². The number of halogens is 1. The molecule has 0 unspecified atom stereocenters. The minimum absolute atomic E-state index is 0.0148. The van der Waals surface area contributed by atoms with Crippen molar-refractivity contribution in [3.8, 4) is 0 Å². The lowest BCUT2D eigenvalue weighted by atomic mass is 10.2. The van der Waals surface area contributed by atoms with Crippen molar-refractivity contribution in [1.29, 1.82) is 0 Å². The molecule has 2 N–H and O–H groups in total. The van der Waals surface area contributed by atoms with Gasteiger partial charge in [-0.1, -0.05) is 43.6 Å². The Morgan fingerprint density at radius 1 is 1.11 bits per heavy atom. The van der Waals surface area contributed by atoms with Crippen molar-refractivity contribution in [2.75, 3.05) is 30.3 Å². The fraction of sp³-hybridized carbons (Fsp3) is 0.316. The monoisotopic (exact) mass is 409 g/mol. The smallest absolute Gasteiger partial charge is 0.243 e. The van der Waals surface area contributed by atoms with Gasteiger partial charge in [-0.25, -0.2) is 8.42 Å². The molecule has 0 atom stereocenters. The van der Waals surface area contributed by atoms with Crippen LogP contribution in [0.1, 0.15) is 19.4 Å². The van der Waals surface area contributed by atoms with E-state index in [0.29, 0.717) is 35.1 Å². The van der Waals surface area contributed by atoms with Gasteiger partial charge in [0, 0.05) is 18.8 Å². The Hall–Kier alpha value is -2.09. The highest BCUT2D eigenvalue weighted by Gasteiger charge is 2.23. The molecule has 0 radical (unpaired) electrons. The highest BCUT2D eigenvalue weighted by molar-refractivity contribution is 7.89. The van der Waals surface area contributed by atoms with Gasteiger partial charge in [0.05, 0.1) is 22.2 Å². The molecule has 0 aliphatic rings. The highest BCUT2D eigenvalue weighted by Crippen LogP contribution is 2.24. The zero-order chi connectivity index (χ0) is 20.0. The lowest BCUT2D eigenvalue weighted by Crippen LogP contribution is -2.31. The molecule has 0 fully saturated rings. The predicted octanol–water partition coefficient (Wildman–Crippen LogP) is 3.73. The molecule has 2 rings (SSSR count). The van der Waals surface area contributed by atoms with Crippen LogP contribution in [0.3, 0.4) is 0 Å². The summed E-state index contributed by atoms with van der Waals surface area (Å²) in [4.78, 5) is 12.4. The van der Waals surface area contributed by atoms with Crippen molar-refractivity contribution in [2.24, 2.45) is 0 Å². The number of aryl methyl sites for hydroxylation is 1. The number of hydrogen-bond acceptors (Lipinski definition) is 4. The minimum atomic E-state index is -3.57. The Bertz CT molecular complexity index is 912. The lowest BCUT2D eigenvalue weighted by molar-refractivity contribution is -0.114. The molecule has 2 aromatic rings. The van der Waals surface area contributed by atoms with Gasteiger partial charge in [-0.05, 0) is 36.8 Å². The van der Waals surface area contributed by atoms with Gasteiger partial charge in [-0.2, -0.15) is 4.31 Å². The molecule has 1 amide bonds. The van der Waals surface area contributed by atoms with E-state index in [1.165, 1.54) is 4.31 Å². The molecular weight excluding hydrogens is 386 g/mol. The van der Waals surface area contributed by atoms with Crippen molar-refractivity contribution in [3.63, 3.8) is 0 Å². The Labute approximate surface area is 165 Å². The second kappa shape index (κ2) is 9.21. The summed E-state index contributed by atoms with van der Waals surface area (Å²) in [6.45, 7) is 6.14. The fourth-order valence-electron chi connectivity index (χ4n) is 2.63. The minimum Gasteiger partial charge on any atom is -0.376 e. The van der Waals surface area contributed by atoms with Crippen molar-refractivity contribution < 1.29 is 13.2 Å². The molecule has 0 heterocycles. The van der Waals surface area contributed by atoms with E-state index < -0.39 is 10.0 Å². The van der Waals surface area contributed by atoms with Crippen LogP contribution in [0.2, 0.25) is 5.02 Å². The number of carbonyl (C=O) groups is 1. The maximum atomic E-state index is 12.8. The summed E-state index contributed by atoms with van der Waals surface area (Å²) in [5, 5.41) is 6.13. The topological polar surface area (TPSA) is 78.5 Å². The third-order valence-corrected chi connectivity index (χ3v) is 6.63. The molecule has 8 heteroatoms. The van der Waals surface area contributed by atoms with Gasteiger partial charge in [0.15, 0.2) is 0 Å². The van der Waals surface area contributed by atoms with E-state index >= 15 is 0 Å². The standard InChI is InChI=1S/C19H24ClN3O3S/c1-4-23(5-2)27(25,26)18-12-15(11-10-14(18)3)21-13-19(24)22-17-9-7-6-8-16(17)20/h6-12,21H,4-5,13H2,1-3H3,(H,22,24). The second-order valence-electron chi connectivity index (χ2n) is 5.95. The number of rotatable bonds is 8. The Kier molecular flexibility index (Phi) is 7.24. The van der Waals surface area contributed by atoms with Crippen LogP contribution in [0, 0.1) is 6.92 Å². The molecule has 0 aliphatic carbocycles. The molecule has 146 valence electrons. The Morgan fingerprint density at radius 2 is 1.78 bits per heavy atom. The van der Waals surface area contributed by atoms with Crippen molar-refractivity contribution >= 4 is 38.9 Å². The number of amides is 1. The molecule has 2 aromatic carbocycles. The summed E-state index contributed by atoms with van der Waals surface area (Å²) < 4.78 is 27.0. The van der Waals surface area contributed by atoms with Gasteiger partial charge >= 0.3 is 0 Å². The normalized spacial score (nSPS) is 11.4. The first-order valence-corrected chi connectivity index (χ1v) is 10.5. The largest absolute Gasteiger partial charge is 0.376 e. The summed E-state index contributed by atoms with van der Waals surface area (Å²) in [6.07, 6.45) is 0. The average Bonchev–Trinajstić information content (AvgIpc) is 2.63. The summed E-state index contributed by atoms with van der Waals surface area (Å²) >= 11 is 6.02. The third kappa shape index (κ3) is 5.22. The van der Waals surface area contributed by atoms with Crippen molar-refractivity contribution in [2.45, 2.75) is 25.7 Å². The van der Waals surface area contributed by atoms with Gasteiger partial charge in [-0.3, -0.25) is 4.79 Å². The highest BCUT2D eigenvalue weighted by atomic mass is 35.5. The molecule has 6 nitrogen and oxygen atoms in total. The number of anilines is 2. The molecule has 27 heavy (non-hydrogen) atoms. The zero-order valence-corrected chi connectivity index (χ0v) is 17.2. The van der Waals surface area contributed by atoms with E-state index in [4.69, 9.17) is 11.6 Å². The third-order valence-electron chi connectivity index (χ3n) is 4.11. The fourth-order valence-corrected chi connectivity index (χ4v) is 4.52. The van der Waals surface area contributed by atoms with Crippen LogP contribution in [-0.4, -0.2) is 38.3 Å².